The van der Waals surface area contributed by atoms with Crippen molar-refractivity contribution in [1.82, 2.24) is 25.2 Å². The smallest absolute Gasteiger partial charge is 0.461 e. The quantitative estimate of drug-likeness (QED) is 0.0612. The minimum atomic E-state index is -5.10. The fourth-order valence-electron chi connectivity index (χ4n) is 8.23. The van der Waals surface area contributed by atoms with Crippen LogP contribution in [0.25, 0.3) is 22.2 Å². The molecule has 8 rings (SSSR count). The van der Waals surface area contributed by atoms with Crippen molar-refractivity contribution in [2.75, 3.05) is 37.7 Å². The molecule has 0 amide bonds. The van der Waals surface area contributed by atoms with Crippen LogP contribution in [0.15, 0.2) is 42.6 Å². The Morgan fingerprint density at radius 2 is 1.85 bits per heavy atom. The Hall–Kier alpha value is -4.94. The van der Waals surface area contributed by atoms with E-state index in [0.29, 0.717) is 37.4 Å². The van der Waals surface area contributed by atoms with Gasteiger partial charge in [-0.1, -0.05) is 11.6 Å². The number of ether oxygens (including phenoxy) is 3. The van der Waals surface area contributed by atoms with Crippen molar-refractivity contribution in [3.05, 3.63) is 74.7 Å². The van der Waals surface area contributed by atoms with Crippen LogP contribution in [0.5, 0.6) is 11.8 Å². The maximum atomic E-state index is 16.9. The molecule has 55 heavy (non-hydrogen) atoms. The number of carbonyl (C=O) groups is 1. The molecule has 2 bridgehead atoms. The Morgan fingerprint density at radius 1 is 1.11 bits per heavy atom. The summed E-state index contributed by atoms with van der Waals surface area (Å²) in [4.78, 5) is 40.1. The van der Waals surface area contributed by atoms with Gasteiger partial charge in [-0.05, 0) is 56.0 Å². The topological polar surface area (TPSA) is 145 Å². The molecule has 13 nitrogen and oxygen atoms in total. The highest BCUT2D eigenvalue weighted by Crippen LogP contribution is 2.45. The van der Waals surface area contributed by atoms with E-state index < -0.39 is 62.4 Å². The number of piperazine rings is 1. The van der Waals surface area contributed by atoms with Crippen molar-refractivity contribution >= 4 is 40.2 Å². The van der Waals surface area contributed by atoms with Crippen LogP contribution in [0.4, 0.5) is 38.3 Å². The molecule has 19 heteroatoms. The molecular formula is C36H33ClF5N7O6. The van der Waals surface area contributed by atoms with Gasteiger partial charge < -0.3 is 24.4 Å². The fraction of sp³-hybridized carbons (Fsp3) is 0.444. The van der Waals surface area contributed by atoms with Gasteiger partial charge in [0.05, 0.1) is 26.4 Å². The fourth-order valence-corrected chi connectivity index (χ4v) is 8.55. The summed E-state index contributed by atoms with van der Waals surface area (Å²) in [6.45, 7) is 1.71. The first kappa shape index (κ1) is 37.0. The van der Waals surface area contributed by atoms with E-state index in [9.17, 15) is 32.5 Å². The number of nitrogens with one attached hydrogen (secondary N) is 1. The molecule has 0 radical (unpaired) electrons. The molecule has 2 aromatic heterocycles. The number of fused-ring (bicyclic) bond motifs is 4. The Bertz CT molecular complexity index is 2150. The molecule has 2 unspecified atom stereocenters. The van der Waals surface area contributed by atoms with Gasteiger partial charge in [0.1, 0.15) is 42.2 Å². The van der Waals surface area contributed by atoms with Gasteiger partial charge in [-0.2, -0.15) is 23.1 Å². The maximum Gasteiger partial charge on any atom is 0.514 e. The van der Waals surface area contributed by atoms with Crippen molar-refractivity contribution < 1.29 is 45.9 Å². The molecule has 4 atom stereocenters. The highest BCUT2D eigenvalue weighted by molar-refractivity contribution is 6.32. The molecule has 2 aromatic carbocycles. The van der Waals surface area contributed by atoms with E-state index in [1.54, 1.807) is 0 Å². The summed E-state index contributed by atoms with van der Waals surface area (Å²) >= 11 is 6.13. The number of pyridine rings is 1. The average molecular weight is 790 g/mol. The molecule has 4 aliphatic heterocycles. The van der Waals surface area contributed by atoms with E-state index >= 15 is 4.39 Å². The zero-order valence-electron chi connectivity index (χ0n) is 29.0. The Balaban J connectivity index is 1.14. The van der Waals surface area contributed by atoms with Gasteiger partial charge in [-0.15, -0.1) is 0 Å². The van der Waals surface area contributed by atoms with Gasteiger partial charge in [0.15, 0.2) is 5.82 Å². The first-order valence-corrected chi connectivity index (χ1v) is 18.0. The SMILES string of the molecule is O=C(OCc1ccc([N+](=O)[O-])cc1)Oc1cc(Cl)c(C(F)(F)F)c(-c2ncc3c(N4CC5CCC(C4)N5)nc(OC[C@@]45CCCN4C[C@H](F)C5)nc3c2F)c1. The molecule has 0 saturated carbocycles. The number of rotatable bonds is 9. The molecule has 0 spiro atoms. The number of nitro benzene ring substituents is 1. The van der Waals surface area contributed by atoms with Crippen LogP contribution >= 0.6 is 11.6 Å². The lowest BCUT2D eigenvalue weighted by Gasteiger charge is -2.34. The van der Waals surface area contributed by atoms with Crippen LogP contribution in [-0.4, -0.2) is 87.5 Å². The van der Waals surface area contributed by atoms with Crippen LogP contribution in [-0.2, 0) is 17.5 Å². The zero-order valence-corrected chi connectivity index (χ0v) is 29.7. The van der Waals surface area contributed by atoms with E-state index in [4.69, 9.17) is 25.8 Å². The molecule has 6 heterocycles. The van der Waals surface area contributed by atoms with E-state index in [0.717, 1.165) is 31.4 Å². The van der Waals surface area contributed by atoms with Crippen LogP contribution in [0.1, 0.15) is 43.2 Å². The first-order valence-electron chi connectivity index (χ1n) is 17.6. The number of nitrogens with zero attached hydrogens (tertiary/aromatic N) is 6. The second-order valence-electron chi connectivity index (χ2n) is 14.3. The van der Waals surface area contributed by atoms with Gasteiger partial charge in [-0.3, -0.25) is 20.0 Å². The minimum absolute atomic E-state index is 0.0399. The average Bonchev–Trinajstić information content (AvgIpc) is 3.79. The number of benzene rings is 2. The summed E-state index contributed by atoms with van der Waals surface area (Å²) in [7, 11) is 0. The van der Waals surface area contributed by atoms with Crippen LogP contribution in [0, 0.1) is 15.9 Å². The van der Waals surface area contributed by atoms with Gasteiger partial charge in [0.2, 0.25) is 0 Å². The number of anilines is 1. The van der Waals surface area contributed by atoms with Gasteiger partial charge in [0, 0.05) is 68.1 Å². The Morgan fingerprint density at radius 3 is 2.56 bits per heavy atom. The first-order chi connectivity index (χ1) is 26.3. The lowest BCUT2D eigenvalue weighted by atomic mass is 9.95. The maximum absolute atomic E-state index is 16.9. The third-order valence-corrected chi connectivity index (χ3v) is 11.0. The molecule has 4 fully saturated rings. The van der Waals surface area contributed by atoms with E-state index in [1.165, 1.54) is 30.5 Å². The van der Waals surface area contributed by atoms with Crippen molar-refractivity contribution in [3.8, 4) is 23.0 Å². The Labute approximate surface area is 314 Å². The number of hydrogen-bond donors (Lipinski definition) is 1. The second kappa shape index (κ2) is 14.3. The van der Waals surface area contributed by atoms with E-state index in [-0.39, 0.29) is 60.9 Å². The summed E-state index contributed by atoms with van der Waals surface area (Å²) in [6.07, 6.45) is -2.59. The third-order valence-electron chi connectivity index (χ3n) is 10.7. The van der Waals surface area contributed by atoms with E-state index in [1.807, 2.05) is 9.80 Å². The molecule has 290 valence electrons. The normalized spacial score (nSPS) is 23.6. The molecule has 1 N–H and O–H groups in total. The van der Waals surface area contributed by atoms with Crippen LogP contribution in [0.3, 0.4) is 0 Å². The number of aromatic nitrogens is 3. The second-order valence-corrected chi connectivity index (χ2v) is 14.7. The van der Waals surface area contributed by atoms with E-state index in [2.05, 4.69) is 20.3 Å². The molecule has 0 aliphatic carbocycles. The summed E-state index contributed by atoms with van der Waals surface area (Å²) in [5.41, 5.74) is -3.79. The third kappa shape index (κ3) is 7.29. The summed E-state index contributed by atoms with van der Waals surface area (Å²) in [5.74, 6) is -1.43. The van der Waals surface area contributed by atoms with Crippen molar-refractivity contribution in [1.29, 1.82) is 0 Å². The highest BCUT2D eigenvalue weighted by Gasteiger charge is 2.49. The molecular weight excluding hydrogens is 757 g/mol. The van der Waals surface area contributed by atoms with Gasteiger partial charge in [0.25, 0.3) is 5.69 Å². The summed E-state index contributed by atoms with van der Waals surface area (Å²) in [5, 5.41) is 13.7. The number of halogens is 6. The highest BCUT2D eigenvalue weighted by atomic mass is 35.5. The predicted octanol–water partition coefficient (Wildman–Crippen LogP) is 7.02. The minimum Gasteiger partial charge on any atom is -0.461 e. The van der Waals surface area contributed by atoms with Crippen molar-refractivity contribution in [3.63, 3.8) is 0 Å². The number of alkyl halides is 4. The number of hydrogen-bond acceptors (Lipinski definition) is 12. The lowest BCUT2D eigenvalue weighted by molar-refractivity contribution is -0.384. The van der Waals surface area contributed by atoms with Gasteiger partial charge in [-0.25, -0.2) is 13.6 Å². The van der Waals surface area contributed by atoms with Gasteiger partial charge >= 0.3 is 18.3 Å². The summed E-state index contributed by atoms with van der Waals surface area (Å²) in [6, 6.07) is 6.69. The number of nitro groups is 1. The standard InChI is InChI=1S/C36H33ClF5N7O6/c37-27-11-24(55-34(50)53-17-19-2-6-23(7-3-19)49(51)52)10-25(28(27)36(40,41)42)30-29(39)31-26(13-43-30)32(47-15-21-4-5-22(16-47)44-21)46-33(45-31)54-18-35-8-1-9-48(35)14-20(38)12-35/h2-3,6-7,10-11,13,20-22,44H,1,4-5,8-9,12,14-18H2/t20-,21?,22?,35+/m1/s1. The number of carbonyl (C=O) groups excluding carboxylic acids is 1. The lowest BCUT2D eigenvalue weighted by Crippen LogP contribution is -2.51. The largest absolute Gasteiger partial charge is 0.514 e. The van der Waals surface area contributed by atoms with Crippen molar-refractivity contribution in [2.24, 2.45) is 0 Å². The molecule has 4 saturated heterocycles. The van der Waals surface area contributed by atoms with Crippen LogP contribution < -0.4 is 19.7 Å². The monoisotopic (exact) mass is 789 g/mol. The number of non-ortho nitro benzene ring substituents is 1. The van der Waals surface area contributed by atoms with Crippen LogP contribution in [0.2, 0.25) is 5.02 Å². The summed E-state index contributed by atoms with van der Waals surface area (Å²) < 4.78 is 91.3. The molecule has 4 aromatic rings. The van der Waals surface area contributed by atoms with Crippen molar-refractivity contribution in [2.45, 2.75) is 68.7 Å². The molecule has 4 aliphatic rings. The predicted molar refractivity (Wildman–Crippen MR) is 187 cm³/mol. The zero-order chi connectivity index (χ0) is 38.6. The Kier molecular flexibility index (Phi) is 9.61.